The van der Waals surface area contributed by atoms with Gasteiger partial charge in [0.1, 0.15) is 11.6 Å². The number of ether oxygens (including phenoxy) is 1. The summed E-state index contributed by atoms with van der Waals surface area (Å²) in [5.41, 5.74) is 2.29. The quantitative estimate of drug-likeness (QED) is 0.913. The van der Waals surface area contributed by atoms with Crippen LogP contribution in [0.4, 0.5) is 5.82 Å². The molecule has 2 heterocycles. The normalized spacial score (nSPS) is 22.0. The fourth-order valence-corrected chi connectivity index (χ4v) is 2.71. The first-order chi connectivity index (χ1) is 9.54. The molecule has 1 fully saturated rings. The second-order valence-corrected chi connectivity index (χ2v) is 5.75. The zero-order chi connectivity index (χ0) is 14.7. The Labute approximate surface area is 120 Å². The number of aryl methyl sites for hydroxylation is 1. The van der Waals surface area contributed by atoms with Crippen molar-refractivity contribution in [1.29, 1.82) is 5.26 Å². The summed E-state index contributed by atoms with van der Waals surface area (Å²) in [6, 6.07) is 2.22. The molecule has 0 spiro atoms. The van der Waals surface area contributed by atoms with Crippen LogP contribution in [0.5, 0.6) is 0 Å². The van der Waals surface area contributed by atoms with E-state index in [9.17, 15) is 5.26 Å². The molecule has 20 heavy (non-hydrogen) atoms. The first kappa shape index (κ1) is 14.7. The van der Waals surface area contributed by atoms with Gasteiger partial charge in [-0.3, -0.25) is 0 Å². The molecule has 5 heteroatoms. The van der Waals surface area contributed by atoms with Gasteiger partial charge in [-0.1, -0.05) is 13.8 Å². The Bertz CT molecular complexity index is 521. The van der Waals surface area contributed by atoms with Crippen LogP contribution < -0.4 is 5.32 Å². The van der Waals surface area contributed by atoms with Crippen molar-refractivity contribution >= 4 is 5.82 Å². The maximum Gasteiger partial charge on any atom is 0.166 e. The van der Waals surface area contributed by atoms with Crippen LogP contribution in [-0.2, 0) is 4.74 Å². The van der Waals surface area contributed by atoms with E-state index in [4.69, 9.17) is 4.74 Å². The Morgan fingerprint density at radius 3 is 2.80 bits per heavy atom. The lowest BCUT2D eigenvalue weighted by Gasteiger charge is -2.22. The first-order valence-corrected chi connectivity index (χ1v) is 7.14. The number of aromatic nitrogens is 2. The summed E-state index contributed by atoms with van der Waals surface area (Å²) >= 11 is 0. The predicted octanol–water partition coefficient (Wildman–Crippen LogP) is 2.44. The molecule has 1 aromatic heterocycles. The van der Waals surface area contributed by atoms with E-state index in [1.54, 1.807) is 0 Å². The zero-order valence-corrected chi connectivity index (χ0v) is 12.6. The monoisotopic (exact) mass is 274 g/mol. The Balaban J connectivity index is 2.08. The molecule has 2 atom stereocenters. The highest BCUT2D eigenvalue weighted by molar-refractivity contribution is 5.55. The van der Waals surface area contributed by atoms with E-state index < -0.39 is 0 Å². The van der Waals surface area contributed by atoms with Crippen LogP contribution in [0, 0.1) is 37.0 Å². The fraction of sp³-hybridized carbons (Fsp3) is 0.667. The van der Waals surface area contributed by atoms with Gasteiger partial charge in [-0.25, -0.2) is 0 Å². The van der Waals surface area contributed by atoms with Gasteiger partial charge in [0.15, 0.2) is 5.82 Å². The average Bonchev–Trinajstić information content (AvgIpc) is 2.88. The van der Waals surface area contributed by atoms with E-state index in [-0.39, 0.29) is 6.10 Å². The summed E-state index contributed by atoms with van der Waals surface area (Å²) in [5, 5.41) is 20.8. The molecule has 1 aliphatic rings. The summed E-state index contributed by atoms with van der Waals surface area (Å²) in [4.78, 5) is 0. The highest BCUT2D eigenvalue weighted by Gasteiger charge is 2.30. The molecule has 5 nitrogen and oxygen atoms in total. The minimum Gasteiger partial charge on any atom is -0.378 e. The summed E-state index contributed by atoms with van der Waals surface area (Å²) in [7, 11) is 0. The van der Waals surface area contributed by atoms with Gasteiger partial charge in [0.2, 0.25) is 0 Å². The number of anilines is 1. The Hall–Kier alpha value is -1.67. The minimum absolute atomic E-state index is 0.285. The van der Waals surface area contributed by atoms with Crippen molar-refractivity contribution in [2.45, 2.75) is 40.2 Å². The molecule has 0 radical (unpaired) electrons. The van der Waals surface area contributed by atoms with Crippen molar-refractivity contribution in [3.63, 3.8) is 0 Å². The van der Waals surface area contributed by atoms with Crippen molar-refractivity contribution in [2.75, 3.05) is 18.5 Å². The molecule has 0 unspecified atom stereocenters. The second kappa shape index (κ2) is 6.19. The third-order valence-corrected chi connectivity index (χ3v) is 4.02. The highest BCUT2D eigenvalue weighted by atomic mass is 16.5. The standard InChI is InChI=1S/C15H22N4O/c1-9(2)14-12(5-6-20-14)8-17-15-13(7-16)10(3)11(4)18-19-15/h9,12,14H,5-6,8H2,1-4H3,(H,17,19)/t12-,14-/m1/s1. The van der Waals surface area contributed by atoms with Crippen molar-refractivity contribution in [2.24, 2.45) is 11.8 Å². The largest absolute Gasteiger partial charge is 0.378 e. The van der Waals surface area contributed by atoms with Crippen LogP contribution >= 0.6 is 0 Å². The lowest BCUT2D eigenvalue weighted by atomic mass is 9.93. The van der Waals surface area contributed by atoms with Gasteiger partial charge < -0.3 is 10.1 Å². The molecule has 108 valence electrons. The topological polar surface area (TPSA) is 70.8 Å². The molecule has 1 saturated heterocycles. The van der Waals surface area contributed by atoms with Crippen molar-refractivity contribution in [3.8, 4) is 6.07 Å². The summed E-state index contributed by atoms with van der Waals surface area (Å²) in [6.07, 6.45) is 1.34. The first-order valence-electron chi connectivity index (χ1n) is 7.14. The van der Waals surface area contributed by atoms with E-state index >= 15 is 0 Å². The van der Waals surface area contributed by atoms with E-state index in [1.807, 2.05) is 13.8 Å². The van der Waals surface area contributed by atoms with Crippen molar-refractivity contribution < 1.29 is 4.74 Å². The summed E-state index contributed by atoms with van der Waals surface area (Å²) in [6.45, 7) is 9.72. The summed E-state index contributed by atoms with van der Waals surface area (Å²) < 4.78 is 5.77. The van der Waals surface area contributed by atoms with Gasteiger partial charge in [-0.15, -0.1) is 5.10 Å². The lowest BCUT2D eigenvalue weighted by molar-refractivity contribution is 0.0566. The number of hydrogen-bond acceptors (Lipinski definition) is 5. The Kier molecular flexibility index (Phi) is 4.56. The smallest absolute Gasteiger partial charge is 0.166 e. The number of nitrogens with zero attached hydrogens (tertiary/aromatic N) is 3. The van der Waals surface area contributed by atoms with E-state index in [0.717, 1.165) is 30.8 Å². The van der Waals surface area contributed by atoms with E-state index in [1.165, 1.54) is 0 Å². The van der Waals surface area contributed by atoms with Crippen LogP contribution in [-0.4, -0.2) is 29.5 Å². The SMILES string of the molecule is Cc1nnc(NC[C@H]2CCO[C@@H]2C(C)C)c(C#N)c1C. The minimum atomic E-state index is 0.285. The Morgan fingerprint density at radius 2 is 2.15 bits per heavy atom. The van der Waals surface area contributed by atoms with Crippen LogP contribution in [0.25, 0.3) is 0 Å². The molecule has 0 bridgehead atoms. The summed E-state index contributed by atoms with van der Waals surface area (Å²) in [5.74, 6) is 1.56. The third-order valence-electron chi connectivity index (χ3n) is 4.02. The Morgan fingerprint density at radius 1 is 1.40 bits per heavy atom. The number of nitrogens with one attached hydrogen (secondary N) is 1. The maximum absolute atomic E-state index is 9.27. The number of nitriles is 1. The van der Waals surface area contributed by atoms with E-state index in [0.29, 0.717) is 23.2 Å². The molecule has 0 saturated carbocycles. The molecular formula is C15H22N4O. The van der Waals surface area contributed by atoms with Gasteiger partial charge in [-0.2, -0.15) is 10.4 Å². The molecule has 0 amide bonds. The van der Waals surface area contributed by atoms with Gasteiger partial charge in [0, 0.05) is 19.1 Å². The van der Waals surface area contributed by atoms with Crippen LogP contribution in [0.15, 0.2) is 0 Å². The molecule has 1 aliphatic heterocycles. The molecule has 0 aromatic carbocycles. The van der Waals surface area contributed by atoms with Gasteiger partial charge in [0.05, 0.1) is 11.8 Å². The van der Waals surface area contributed by atoms with Crippen molar-refractivity contribution in [1.82, 2.24) is 10.2 Å². The molecule has 1 aromatic rings. The highest BCUT2D eigenvalue weighted by Crippen LogP contribution is 2.27. The molecule has 1 N–H and O–H groups in total. The lowest BCUT2D eigenvalue weighted by Crippen LogP contribution is -2.28. The number of hydrogen-bond donors (Lipinski definition) is 1. The average molecular weight is 274 g/mol. The van der Waals surface area contributed by atoms with Crippen LogP contribution in [0.2, 0.25) is 0 Å². The van der Waals surface area contributed by atoms with Crippen LogP contribution in [0.1, 0.15) is 37.1 Å². The molecular weight excluding hydrogens is 252 g/mol. The maximum atomic E-state index is 9.27. The van der Waals surface area contributed by atoms with Gasteiger partial charge in [0.25, 0.3) is 0 Å². The molecule has 0 aliphatic carbocycles. The predicted molar refractivity (Wildman–Crippen MR) is 77.4 cm³/mol. The van der Waals surface area contributed by atoms with Crippen molar-refractivity contribution in [3.05, 3.63) is 16.8 Å². The number of rotatable bonds is 4. The third kappa shape index (κ3) is 2.91. The second-order valence-electron chi connectivity index (χ2n) is 5.75. The van der Waals surface area contributed by atoms with Crippen LogP contribution in [0.3, 0.4) is 0 Å². The zero-order valence-electron chi connectivity index (χ0n) is 12.6. The molecule has 2 rings (SSSR count). The van der Waals surface area contributed by atoms with Gasteiger partial charge >= 0.3 is 0 Å². The van der Waals surface area contributed by atoms with E-state index in [2.05, 4.69) is 35.4 Å². The fourth-order valence-electron chi connectivity index (χ4n) is 2.71. The van der Waals surface area contributed by atoms with Gasteiger partial charge in [-0.05, 0) is 31.7 Å².